The number of hydrogen-bond acceptors (Lipinski definition) is 4. The second kappa shape index (κ2) is 7.11. The summed E-state index contributed by atoms with van der Waals surface area (Å²) in [7, 11) is 0. The van der Waals surface area contributed by atoms with Gasteiger partial charge in [-0.2, -0.15) is 0 Å². The van der Waals surface area contributed by atoms with Crippen molar-refractivity contribution >= 4 is 5.91 Å². The van der Waals surface area contributed by atoms with Gasteiger partial charge in [-0.05, 0) is 56.8 Å². The van der Waals surface area contributed by atoms with Gasteiger partial charge in [-0.25, -0.2) is 0 Å². The van der Waals surface area contributed by atoms with Gasteiger partial charge in [0.15, 0.2) is 0 Å². The lowest BCUT2D eigenvalue weighted by atomic mass is 10.1. The fourth-order valence-corrected chi connectivity index (χ4v) is 3.02. The van der Waals surface area contributed by atoms with Crippen molar-refractivity contribution in [3.05, 3.63) is 28.8 Å². The number of amides is 1. The Bertz CT molecular complexity index is 545. The van der Waals surface area contributed by atoms with E-state index in [9.17, 15) is 9.90 Å². The van der Waals surface area contributed by atoms with E-state index in [1.807, 2.05) is 31.7 Å². The molecule has 1 aromatic carbocycles. The molecule has 3 N–H and O–H groups in total. The highest BCUT2D eigenvalue weighted by atomic mass is 16.5. The number of rotatable bonds is 6. The van der Waals surface area contributed by atoms with E-state index in [0.717, 1.165) is 36.3 Å². The standard InChI is InChI=1S/C17H26N2O3/c1-11-6-7-12(2)16(13(11)3)22-10-14(20)9-19-8-4-5-15(19)17(18)21/h6-7,14-15,20H,4-5,8-10H2,1-3H3,(H2,18,21). The predicted molar refractivity (Wildman–Crippen MR) is 85.9 cm³/mol. The summed E-state index contributed by atoms with van der Waals surface area (Å²) in [6, 6.07) is 3.83. The Hall–Kier alpha value is -1.59. The van der Waals surface area contributed by atoms with Gasteiger partial charge in [0.25, 0.3) is 0 Å². The van der Waals surface area contributed by atoms with E-state index >= 15 is 0 Å². The Labute approximate surface area is 132 Å². The quantitative estimate of drug-likeness (QED) is 0.830. The van der Waals surface area contributed by atoms with Crippen LogP contribution in [0.5, 0.6) is 5.75 Å². The van der Waals surface area contributed by atoms with E-state index < -0.39 is 6.10 Å². The molecule has 1 heterocycles. The molecule has 0 aromatic heterocycles. The van der Waals surface area contributed by atoms with Gasteiger partial charge in [0.2, 0.25) is 5.91 Å². The van der Waals surface area contributed by atoms with Gasteiger partial charge >= 0.3 is 0 Å². The number of β-amino-alcohol motifs (C(OH)–C–C–N with tert-alkyl or cyclic N) is 1. The summed E-state index contributed by atoms with van der Waals surface area (Å²) in [6.45, 7) is 7.49. The van der Waals surface area contributed by atoms with Crippen LogP contribution in [0.1, 0.15) is 29.5 Å². The van der Waals surface area contributed by atoms with E-state index in [1.165, 1.54) is 5.56 Å². The second-order valence-corrected chi connectivity index (χ2v) is 6.17. The maximum absolute atomic E-state index is 11.4. The minimum absolute atomic E-state index is 0.215. The van der Waals surface area contributed by atoms with Crippen LogP contribution in [0, 0.1) is 20.8 Å². The smallest absolute Gasteiger partial charge is 0.234 e. The Kier molecular flexibility index (Phi) is 5.42. The lowest BCUT2D eigenvalue weighted by Crippen LogP contribution is -2.44. The van der Waals surface area contributed by atoms with Crippen molar-refractivity contribution in [2.75, 3.05) is 19.7 Å². The molecule has 5 heteroatoms. The first-order chi connectivity index (χ1) is 10.4. The summed E-state index contributed by atoms with van der Waals surface area (Å²) in [5.41, 5.74) is 8.72. The van der Waals surface area contributed by atoms with Crippen LogP contribution in [-0.4, -0.2) is 47.8 Å². The Morgan fingerprint density at radius 1 is 1.41 bits per heavy atom. The maximum atomic E-state index is 11.4. The number of nitrogens with zero attached hydrogens (tertiary/aromatic N) is 1. The molecule has 0 radical (unpaired) electrons. The molecule has 0 saturated carbocycles. The zero-order valence-electron chi connectivity index (χ0n) is 13.6. The van der Waals surface area contributed by atoms with Crippen LogP contribution in [0.4, 0.5) is 0 Å². The number of aliphatic hydroxyl groups excluding tert-OH is 1. The van der Waals surface area contributed by atoms with Crippen LogP contribution in [0.2, 0.25) is 0 Å². The van der Waals surface area contributed by atoms with Gasteiger partial charge in [0.1, 0.15) is 18.5 Å². The van der Waals surface area contributed by atoms with Crippen LogP contribution >= 0.6 is 0 Å². The molecular formula is C17H26N2O3. The highest BCUT2D eigenvalue weighted by molar-refractivity contribution is 5.80. The number of carbonyl (C=O) groups excluding carboxylic acids is 1. The Balaban J connectivity index is 1.92. The zero-order valence-corrected chi connectivity index (χ0v) is 13.6. The van der Waals surface area contributed by atoms with Gasteiger partial charge in [0.05, 0.1) is 6.04 Å². The van der Waals surface area contributed by atoms with E-state index in [0.29, 0.717) is 6.54 Å². The molecular weight excluding hydrogens is 280 g/mol. The molecule has 2 rings (SSSR count). The predicted octanol–water partition coefficient (Wildman–Crippen LogP) is 1.30. The lowest BCUT2D eigenvalue weighted by Gasteiger charge is -2.25. The van der Waals surface area contributed by atoms with Crippen molar-refractivity contribution in [1.82, 2.24) is 4.90 Å². The van der Waals surface area contributed by atoms with Crippen LogP contribution in [0.15, 0.2) is 12.1 Å². The van der Waals surface area contributed by atoms with Crippen molar-refractivity contribution in [2.45, 2.75) is 45.8 Å². The first-order valence-electron chi connectivity index (χ1n) is 7.81. The molecule has 122 valence electrons. The Morgan fingerprint density at radius 3 is 2.77 bits per heavy atom. The molecule has 1 fully saturated rings. The van der Waals surface area contributed by atoms with E-state index in [2.05, 4.69) is 6.07 Å². The van der Waals surface area contributed by atoms with Crippen molar-refractivity contribution in [3.63, 3.8) is 0 Å². The van der Waals surface area contributed by atoms with Gasteiger partial charge in [-0.15, -0.1) is 0 Å². The minimum Gasteiger partial charge on any atom is -0.490 e. The third-order valence-electron chi connectivity index (χ3n) is 4.43. The first-order valence-corrected chi connectivity index (χ1v) is 7.81. The van der Waals surface area contributed by atoms with Crippen LogP contribution in [-0.2, 0) is 4.79 Å². The van der Waals surface area contributed by atoms with E-state index in [4.69, 9.17) is 10.5 Å². The van der Waals surface area contributed by atoms with Crippen molar-refractivity contribution < 1.29 is 14.6 Å². The second-order valence-electron chi connectivity index (χ2n) is 6.17. The number of aliphatic hydroxyl groups is 1. The molecule has 0 spiro atoms. The van der Waals surface area contributed by atoms with Gasteiger partial charge in [-0.1, -0.05) is 12.1 Å². The van der Waals surface area contributed by atoms with Crippen LogP contribution in [0.3, 0.4) is 0 Å². The number of benzene rings is 1. The molecule has 1 amide bonds. The third-order valence-corrected chi connectivity index (χ3v) is 4.43. The van der Waals surface area contributed by atoms with Gasteiger partial charge in [-0.3, -0.25) is 9.69 Å². The summed E-state index contributed by atoms with van der Waals surface area (Å²) < 4.78 is 5.82. The fourth-order valence-electron chi connectivity index (χ4n) is 3.02. The number of likely N-dealkylation sites (tertiary alicyclic amines) is 1. The number of hydrogen-bond donors (Lipinski definition) is 2. The van der Waals surface area contributed by atoms with Gasteiger partial charge in [0, 0.05) is 6.54 Å². The topological polar surface area (TPSA) is 75.8 Å². The Morgan fingerprint density at radius 2 is 2.09 bits per heavy atom. The molecule has 1 aromatic rings. The van der Waals surface area contributed by atoms with E-state index in [-0.39, 0.29) is 18.6 Å². The van der Waals surface area contributed by atoms with Crippen molar-refractivity contribution in [1.29, 1.82) is 0 Å². The zero-order chi connectivity index (χ0) is 16.3. The van der Waals surface area contributed by atoms with Crippen molar-refractivity contribution in [3.8, 4) is 5.75 Å². The molecule has 2 atom stereocenters. The summed E-state index contributed by atoms with van der Waals surface area (Å²) in [6.07, 6.45) is 1.08. The van der Waals surface area contributed by atoms with Crippen LogP contribution < -0.4 is 10.5 Å². The molecule has 5 nitrogen and oxygen atoms in total. The average molecular weight is 306 g/mol. The van der Waals surface area contributed by atoms with E-state index in [1.54, 1.807) is 0 Å². The lowest BCUT2D eigenvalue weighted by molar-refractivity contribution is -0.122. The summed E-state index contributed by atoms with van der Waals surface area (Å²) in [5.74, 6) is 0.530. The number of primary amides is 1. The third kappa shape index (κ3) is 3.78. The monoisotopic (exact) mass is 306 g/mol. The van der Waals surface area contributed by atoms with Crippen LogP contribution in [0.25, 0.3) is 0 Å². The average Bonchev–Trinajstić information content (AvgIpc) is 2.91. The summed E-state index contributed by atoms with van der Waals surface area (Å²) in [4.78, 5) is 13.3. The van der Waals surface area contributed by atoms with Gasteiger partial charge < -0.3 is 15.6 Å². The molecule has 0 bridgehead atoms. The molecule has 1 saturated heterocycles. The SMILES string of the molecule is Cc1ccc(C)c(OCC(O)CN2CCCC2C(N)=O)c1C. The minimum atomic E-state index is -0.640. The number of nitrogens with two attached hydrogens (primary N) is 1. The highest BCUT2D eigenvalue weighted by Gasteiger charge is 2.30. The maximum Gasteiger partial charge on any atom is 0.234 e. The highest BCUT2D eigenvalue weighted by Crippen LogP contribution is 2.26. The molecule has 0 aliphatic carbocycles. The molecule has 1 aliphatic rings. The largest absolute Gasteiger partial charge is 0.490 e. The number of carbonyl (C=O) groups is 1. The summed E-state index contributed by atoms with van der Waals surface area (Å²) in [5, 5.41) is 10.2. The molecule has 22 heavy (non-hydrogen) atoms. The number of ether oxygens (including phenoxy) is 1. The summed E-state index contributed by atoms with van der Waals surface area (Å²) >= 11 is 0. The first kappa shape index (κ1) is 16.8. The normalized spacial score (nSPS) is 20.1. The molecule has 1 aliphatic heterocycles. The molecule has 2 unspecified atom stereocenters. The fraction of sp³-hybridized carbons (Fsp3) is 0.588. The number of aryl methyl sites for hydroxylation is 2. The van der Waals surface area contributed by atoms with Crippen molar-refractivity contribution in [2.24, 2.45) is 5.73 Å².